The standard InChI is InChI=1S/C19H25N7O2/c1-5-25(19(27)21-14(4)18-23-20-12-26(18)6-2)11-16-22-17(24-28-16)15-9-7-13(3)8-10-15/h7-10,12,14H,5-6,11H2,1-4H3,(H,21,27)/t14-/m1/s1. The molecule has 0 aliphatic carbocycles. The van der Waals surface area contributed by atoms with Gasteiger partial charge in [0.1, 0.15) is 12.9 Å². The van der Waals surface area contributed by atoms with Crippen LogP contribution in [0, 0.1) is 6.92 Å². The molecule has 0 aliphatic heterocycles. The second-order valence-electron chi connectivity index (χ2n) is 6.54. The lowest BCUT2D eigenvalue weighted by Crippen LogP contribution is -2.41. The largest absolute Gasteiger partial charge is 0.337 e. The van der Waals surface area contributed by atoms with E-state index in [0.717, 1.165) is 17.7 Å². The maximum Gasteiger partial charge on any atom is 0.318 e. The molecule has 0 fully saturated rings. The first-order valence-electron chi connectivity index (χ1n) is 9.34. The van der Waals surface area contributed by atoms with E-state index in [9.17, 15) is 4.79 Å². The normalized spacial score (nSPS) is 12.0. The van der Waals surface area contributed by atoms with Gasteiger partial charge in [-0.2, -0.15) is 4.98 Å². The number of nitrogens with zero attached hydrogens (tertiary/aromatic N) is 6. The average molecular weight is 383 g/mol. The van der Waals surface area contributed by atoms with Gasteiger partial charge in [0.25, 0.3) is 0 Å². The van der Waals surface area contributed by atoms with Gasteiger partial charge in [-0.3, -0.25) is 0 Å². The number of hydrogen-bond donors (Lipinski definition) is 1. The van der Waals surface area contributed by atoms with E-state index in [0.29, 0.717) is 24.1 Å². The fourth-order valence-electron chi connectivity index (χ4n) is 2.81. The molecular weight excluding hydrogens is 358 g/mol. The first kappa shape index (κ1) is 19.5. The SMILES string of the molecule is CCN(Cc1nc(-c2ccc(C)cc2)no1)C(=O)N[C@H](C)c1nncn1CC. The van der Waals surface area contributed by atoms with E-state index in [-0.39, 0.29) is 18.6 Å². The smallest absolute Gasteiger partial charge is 0.318 e. The number of aromatic nitrogens is 5. The lowest BCUT2D eigenvalue weighted by Gasteiger charge is -2.22. The predicted octanol–water partition coefficient (Wildman–Crippen LogP) is 2.95. The minimum atomic E-state index is -0.269. The molecule has 2 heterocycles. The highest BCUT2D eigenvalue weighted by molar-refractivity contribution is 5.74. The van der Waals surface area contributed by atoms with E-state index >= 15 is 0 Å². The fraction of sp³-hybridized carbons (Fsp3) is 0.421. The predicted molar refractivity (Wildman–Crippen MR) is 103 cm³/mol. The molecule has 9 nitrogen and oxygen atoms in total. The summed E-state index contributed by atoms with van der Waals surface area (Å²) in [5.74, 6) is 1.61. The number of hydrogen-bond acceptors (Lipinski definition) is 6. The third kappa shape index (κ3) is 4.36. The molecule has 2 amide bonds. The summed E-state index contributed by atoms with van der Waals surface area (Å²) in [5, 5.41) is 15.0. The van der Waals surface area contributed by atoms with Gasteiger partial charge in [0.2, 0.25) is 11.7 Å². The van der Waals surface area contributed by atoms with Crippen molar-refractivity contribution in [2.24, 2.45) is 0 Å². The van der Waals surface area contributed by atoms with Crippen LogP contribution in [0.3, 0.4) is 0 Å². The van der Waals surface area contributed by atoms with Crippen molar-refractivity contribution >= 4 is 6.03 Å². The summed E-state index contributed by atoms with van der Waals surface area (Å²) < 4.78 is 7.23. The summed E-state index contributed by atoms with van der Waals surface area (Å²) in [4.78, 5) is 18.7. The van der Waals surface area contributed by atoms with Gasteiger partial charge in [-0.15, -0.1) is 10.2 Å². The molecule has 0 saturated heterocycles. The van der Waals surface area contributed by atoms with Gasteiger partial charge < -0.3 is 19.3 Å². The fourth-order valence-corrected chi connectivity index (χ4v) is 2.81. The van der Waals surface area contributed by atoms with Crippen molar-refractivity contribution in [3.63, 3.8) is 0 Å². The zero-order valence-corrected chi connectivity index (χ0v) is 16.6. The van der Waals surface area contributed by atoms with Gasteiger partial charge in [-0.05, 0) is 27.7 Å². The van der Waals surface area contributed by atoms with Crippen molar-refractivity contribution < 1.29 is 9.32 Å². The molecule has 3 aromatic rings. The Morgan fingerprint density at radius 1 is 1.29 bits per heavy atom. The van der Waals surface area contributed by atoms with Crippen LogP contribution in [0.1, 0.15) is 44.1 Å². The van der Waals surface area contributed by atoms with Gasteiger partial charge in [-0.1, -0.05) is 35.0 Å². The van der Waals surface area contributed by atoms with Gasteiger partial charge in [-0.25, -0.2) is 4.79 Å². The average Bonchev–Trinajstić information content (AvgIpc) is 3.35. The Morgan fingerprint density at radius 3 is 2.71 bits per heavy atom. The third-order valence-corrected chi connectivity index (χ3v) is 4.49. The van der Waals surface area contributed by atoms with Crippen molar-refractivity contribution in [2.45, 2.75) is 46.8 Å². The molecule has 0 saturated carbocycles. The zero-order chi connectivity index (χ0) is 20.1. The molecule has 28 heavy (non-hydrogen) atoms. The van der Waals surface area contributed by atoms with Crippen LogP contribution in [-0.2, 0) is 13.1 Å². The van der Waals surface area contributed by atoms with Gasteiger partial charge in [0, 0.05) is 18.7 Å². The number of carbonyl (C=O) groups is 1. The molecular formula is C19H25N7O2. The van der Waals surface area contributed by atoms with Crippen molar-refractivity contribution in [2.75, 3.05) is 6.54 Å². The Labute approximate surface area is 163 Å². The first-order valence-corrected chi connectivity index (χ1v) is 9.34. The second kappa shape index (κ2) is 8.64. The topological polar surface area (TPSA) is 102 Å². The highest BCUT2D eigenvalue weighted by Gasteiger charge is 2.21. The van der Waals surface area contributed by atoms with E-state index in [1.54, 1.807) is 11.2 Å². The molecule has 0 unspecified atom stereocenters. The monoisotopic (exact) mass is 383 g/mol. The summed E-state index contributed by atoms with van der Waals surface area (Å²) in [6.07, 6.45) is 1.65. The summed E-state index contributed by atoms with van der Waals surface area (Å²) in [5.41, 5.74) is 2.04. The number of carbonyl (C=O) groups excluding carboxylic acids is 1. The van der Waals surface area contributed by atoms with Crippen LogP contribution in [0.2, 0.25) is 0 Å². The Balaban J connectivity index is 1.65. The third-order valence-electron chi connectivity index (χ3n) is 4.49. The molecule has 2 aromatic heterocycles. The van der Waals surface area contributed by atoms with E-state index in [2.05, 4.69) is 25.7 Å². The molecule has 0 aliphatic rings. The van der Waals surface area contributed by atoms with Crippen LogP contribution in [0.15, 0.2) is 35.1 Å². The summed E-state index contributed by atoms with van der Waals surface area (Å²) in [6.45, 7) is 9.27. The van der Waals surface area contributed by atoms with Crippen molar-refractivity contribution in [3.05, 3.63) is 47.9 Å². The number of aryl methyl sites for hydroxylation is 2. The van der Waals surface area contributed by atoms with Crippen LogP contribution < -0.4 is 5.32 Å². The Hall–Kier alpha value is -3.23. The maximum atomic E-state index is 12.7. The maximum absolute atomic E-state index is 12.7. The quantitative estimate of drug-likeness (QED) is 0.673. The van der Waals surface area contributed by atoms with E-state index in [1.807, 2.05) is 56.5 Å². The Bertz CT molecular complexity index is 917. The Kier molecular flexibility index (Phi) is 6.03. The molecule has 0 bridgehead atoms. The highest BCUT2D eigenvalue weighted by atomic mass is 16.5. The lowest BCUT2D eigenvalue weighted by molar-refractivity contribution is 0.186. The number of nitrogens with one attached hydrogen (secondary N) is 1. The molecule has 0 radical (unpaired) electrons. The molecule has 9 heteroatoms. The van der Waals surface area contributed by atoms with E-state index in [1.165, 1.54) is 0 Å². The summed E-state index contributed by atoms with van der Waals surface area (Å²) in [7, 11) is 0. The van der Waals surface area contributed by atoms with Crippen LogP contribution in [0.4, 0.5) is 4.79 Å². The van der Waals surface area contributed by atoms with Gasteiger partial charge in [0.05, 0.1) is 6.04 Å². The lowest BCUT2D eigenvalue weighted by atomic mass is 10.1. The van der Waals surface area contributed by atoms with Crippen molar-refractivity contribution in [1.29, 1.82) is 0 Å². The number of urea groups is 1. The number of amides is 2. The molecule has 148 valence electrons. The summed E-state index contributed by atoms with van der Waals surface area (Å²) >= 11 is 0. The second-order valence-corrected chi connectivity index (χ2v) is 6.54. The highest BCUT2D eigenvalue weighted by Crippen LogP contribution is 2.17. The van der Waals surface area contributed by atoms with Crippen molar-refractivity contribution in [3.8, 4) is 11.4 Å². The van der Waals surface area contributed by atoms with Crippen LogP contribution in [0.25, 0.3) is 11.4 Å². The van der Waals surface area contributed by atoms with Gasteiger partial charge >= 0.3 is 6.03 Å². The first-order chi connectivity index (χ1) is 13.5. The summed E-state index contributed by atoms with van der Waals surface area (Å²) in [6, 6.07) is 7.38. The van der Waals surface area contributed by atoms with Crippen LogP contribution in [-0.4, -0.2) is 42.4 Å². The zero-order valence-electron chi connectivity index (χ0n) is 16.6. The van der Waals surface area contributed by atoms with Crippen LogP contribution >= 0.6 is 0 Å². The van der Waals surface area contributed by atoms with E-state index < -0.39 is 0 Å². The molecule has 1 aromatic carbocycles. The minimum absolute atomic E-state index is 0.226. The molecule has 3 rings (SSSR count). The minimum Gasteiger partial charge on any atom is -0.337 e. The molecule has 1 N–H and O–H groups in total. The van der Waals surface area contributed by atoms with Crippen LogP contribution in [0.5, 0.6) is 0 Å². The van der Waals surface area contributed by atoms with Gasteiger partial charge in [0.15, 0.2) is 5.82 Å². The number of rotatable bonds is 7. The molecule has 0 spiro atoms. The molecule has 1 atom stereocenters. The van der Waals surface area contributed by atoms with Crippen molar-refractivity contribution in [1.82, 2.24) is 35.1 Å². The van der Waals surface area contributed by atoms with E-state index in [4.69, 9.17) is 4.52 Å². The Morgan fingerprint density at radius 2 is 2.04 bits per heavy atom. The number of benzene rings is 1.